The molecule has 1 aromatic heterocycles. The van der Waals surface area contributed by atoms with Gasteiger partial charge in [-0.2, -0.15) is 0 Å². The molecule has 1 heterocycles. The van der Waals surface area contributed by atoms with Crippen molar-refractivity contribution in [3.63, 3.8) is 0 Å². The van der Waals surface area contributed by atoms with E-state index < -0.39 is 12.2 Å². The number of aryl methyl sites for hydroxylation is 1. The lowest BCUT2D eigenvalue weighted by atomic mass is 9.84. The van der Waals surface area contributed by atoms with Gasteiger partial charge < -0.3 is 14.9 Å². The van der Waals surface area contributed by atoms with Crippen LogP contribution in [-0.2, 0) is 11.2 Å². The summed E-state index contributed by atoms with van der Waals surface area (Å²) in [6, 6.07) is 12.0. The normalized spacial score (nSPS) is 23.4. The van der Waals surface area contributed by atoms with Crippen LogP contribution in [-0.4, -0.2) is 33.8 Å². The molecule has 0 bridgehead atoms. The summed E-state index contributed by atoms with van der Waals surface area (Å²) in [7, 11) is 0. The van der Waals surface area contributed by atoms with Crippen molar-refractivity contribution in [2.45, 2.75) is 102 Å². The van der Waals surface area contributed by atoms with Crippen LogP contribution in [0.15, 0.2) is 36.4 Å². The van der Waals surface area contributed by atoms with Gasteiger partial charge in [0.15, 0.2) is 0 Å². The highest BCUT2D eigenvalue weighted by molar-refractivity contribution is 7.13. The predicted molar refractivity (Wildman–Crippen MR) is 140 cm³/mol. The van der Waals surface area contributed by atoms with Crippen molar-refractivity contribution >= 4 is 28.9 Å². The van der Waals surface area contributed by atoms with Gasteiger partial charge in [-0.25, -0.2) is 4.79 Å². The van der Waals surface area contributed by atoms with Crippen molar-refractivity contribution in [1.82, 2.24) is 0 Å². The third kappa shape index (κ3) is 7.30. The first-order valence-corrected chi connectivity index (χ1v) is 13.9. The van der Waals surface area contributed by atoms with E-state index in [1.165, 1.54) is 16.2 Å². The van der Waals surface area contributed by atoms with Crippen LogP contribution in [0, 0.1) is 5.92 Å². The average molecular weight is 507 g/mol. The summed E-state index contributed by atoms with van der Waals surface area (Å²) in [5, 5.41) is 21.2. The predicted octanol–water partition coefficient (Wildman–Crippen LogP) is 7.02. The Morgan fingerprint density at radius 2 is 1.88 bits per heavy atom. The number of thiophene rings is 1. The lowest BCUT2D eigenvalue weighted by molar-refractivity contribution is 0.0383. The molecule has 5 atom stereocenters. The van der Waals surface area contributed by atoms with Gasteiger partial charge >= 0.3 is 5.97 Å². The smallest absolute Gasteiger partial charge is 0.348 e. The molecule has 188 valence electrons. The molecule has 1 aliphatic rings. The fourth-order valence-electron chi connectivity index (χ4n) is 4.99. The van der Waals surface area contributed by atoms with Crippen molar-refractivity contribution in [1.29, 1.82) is 0 Å². The molecule has 1 aromatic carbocycles. The number of hydrogen-bond donors (Lipinski definition) is 2. The molecule has 6 heteroatoms. The third-order valence-corrected chi connectivity index (χ3v) is 8.39. The van der Waals surface area contributed by atoms with Gasteiger partial charge in [-0.05, 0) is 75.1 Å². The summed E-state index contributed by atoms with van der Waals surface area (Å²) >= 11 is 8.18. The van der Waals surface area contributed by atoms with Crippen molar-refractivity contribution in [2.75, 3.05) is 0 Å². The number of benzene rings is 1. The maximum Gasteiger partial charge on any atom is 0.348 e. The summed E-state index contributed by atoms with van der Waals surface area (Å²) in [6.07, 6.45) is 6.43. The van der Waals surface area contributed by atoms with E-state index in [4.69, 9.17) is 16.3 Å². The number of halogens is 1. The van der Waals surface area contributed by atoms with Gasteiger partial charge in [0, 0.05) is 16.2 Å². The molecule has 4 nitrogen and oxygen atoms in total. The molecule has 2 aromatic rings. The van der Waals surface area contributed by atoms with Crippen molar-refractivity contribution in [3.8, 4) is 0 Å². The molecule has 3 rings (SSSR count). The Morgan fingerprint density at radius 1 is 1.15 bits per heavy atom. The third-order valence-electron chi connectivity index (χ3n) is 6.76. The minimum absolute atomic E-state index is 0.00806. The fourth-order valence-corrected chi connectivity index (χ4v) is 6.39. The van der Waals surface area contributed by atoms with Gasteiger partial charge in [0.1, 0.15) is 4.88 Å². The van der Waals surface area contributed by atoms with E-state index in [1.54, 1.807) is 0 Å². The number of hydrogen-bond acceptors (Lipinski definition) is 5. The van der Waals surface area contributed by atoms with Crippen LogP contribution in [0.2, 0.25) is 0 Å². The highest BCUT2D eigenvalue weighted by Crippen LogP contribution is 2.45. The van der Waals surface area contributed by atoms with Gasteiger partial charge in [0.05, 0.1) is 18.3 Å². The molecule has 1 unspecified atom stereocenters. The summed E-state index contributed by atoms with van der Waals surface area (Å²) in [5.41, 5.74) is 2.04. The molecule has 2 N–H and O–H groups in total. The first-order valence-electron chi connectivity index (χ1n) is 12.7. The first kappa shape index (κ1) is 27.2. The minimum atomic E-state index is -0.452. The molecule has 0 amide bonds. The van der Waals surface area contributed by atoms with Gasteiger partial charge in [-0.15, -0.1) is 22.9 Å². The standard InChI is InChI=1S/C28H39ClO4S/c1-4-5-6-10-24(30)19-11-13-20(14-12-19)27-22(23(29)17-25(27)31)9-7-8-21-15-16-26(34-21)28(32)33-18(2)3/h11-16,18,22-25,27,30-31H,4-10,17H2,1-3H3/t22-,23+,24?,25+,27+/m0/s1. The lowest BCUT2D eigenvalue weighted by Gasteiger charge is -2.24. The number of aliphatic hydroxyl groups excluding tert-OH is 2. The Labute approximate surface area is 213 Å². The van der Waals surface area contributed by atoms with Crippen molar-refractivity contribution in [3.05, 3.63) is 57.3 Å². The molecule has 0 spiro atoms. The van der Waals surface area contributed by atoms with E-state index in [2.05, 4.69) is 19.1 Å². The lowest BCUT2D eigenvalue weighted by Crippen LogP contribution is -2.19. The molecule has 1 aliphatic carbocycles. The van der Waals surface area contributed by atoms with Crippen LogP contribution in [0.1, 0.15) is 103 Å². The van der Waals surface area contributed by atoms with E-state index in [1.807, 2.05) is 38.1 Å². The topological polar surface area (TPSA) is 66.8 Å². The van der Waals surface area contributed by atoms with E-state index in [0.29, 0.717) is 11.3 Å². The zero-order chi connectivity index (χ0) is 24.7. The zero-order valence-electron chi connectivity index (χ0n) is 20.6. The first-order chi connectivity index (χ1) is 16.3. The van der Waals surface area contributed by atoms with Crippen molar-refractivity contribution in [2.24, 2.45) is 5.92 Å². The van der Waals surface area contributed by atoms with Gasteiger partial charge in [-0.1, -0.05) is 50.5 Å². The highest BCUT2D eigenvalue weighted by atomic mass is 35.5. The molecule has 0 radical (unpaired) electrons. The number of rotatable bonds is 12. The number of ether oxygens (including phenoxy) is 1. The van der Waals surface area contributed by atoms with Crippen LogP contribution in [0.3, 0.4) is 0 Å². The van der Waals surface area contributed by atoms with Gasteiger partial charge in [-0.3, -0.25) is 0 Å². The Balaban J connectivity index is 1.58. The van der Waals surface area contributed by atoms with Crippen molar-refractivity contribution < 1.29 is 19.7 Å². The van der Waals surface area contributed by atoms with Crippen LogP contribution >= 0.6 is 22.9 Å². The van der Waals surface area contributed by atoms with E-state index >= 15 is 0 Å². The quantitative estimate of drug-likeness (QED) is 0.184. The molecule has 0 aliphatic heterocycles. The number of alkyl halides is 1. The summed E-state index contributed by atoms with van der Waals surface area (Å²) < 4.78 is 5.28. The molecular weight excluding hydrogens is 468 g/mol. The minimum Gasteiger partial charge on any atom is -0.459 e. The van der Waals surface area contributed by atoms with Gasteiger partial charge in [0.2, 0.25) is 0 Å². The number of unbranched alkanes of at least 4 members (excludes halogenated alkanes) is 2. The van der Waals surface area contributed by atoms with E-state index in [-0.39, 0.29) is 29.3 Å². The number of carbonyl (C=O) groups is 1. The second-order valence-corrected chi connectivity index (χ2v) is 11.5. The van der Waals surface area contributed by atoms with Crippen LogP contribution in [0.5, 0.6) is 0 Å². The Bertz CT molecular complexity index is 894. The monoisotopic (exact) mass is 506 g/mol. The summed E-state index contributed by atoms with van der Waals surface area (Å²) in [5.74, 6) is -0.0546. The fraction of sp³-hybridized carbons (Fsp3) is 0.607. The molecule has 1 saturated carbocycles. The summed E-state index contributed by atoms with van der Waals surface area (Å²) in [4.78, 5) is 13.9. The van der Waals surface area contributed by atoms with Gasteiger partial charge in [0.25, 0.3) is 0 Å². The Morgan fingerprint density at radius 3 is 2.56 bits per heavy atom. The Hall–Kier alpha value is -1.40. The number of carbonyl (C=O) groups excluding carboxylic acids is 1. The van der Waals surface area contributed by atoms with Crippen LogP contribution in [0.25, 0.3) is 0 Å². The highest BCUT2D eigenvalue weighted by Gasteiger charge is 2.41. The van der Waals surface area contributed by atoms with Crippen LogP contribution in [0.4, 0.5) is 0 Å². The Kier molecular flexibility index (Phi) is 10.4. The molecule has 1 fully saturated rings. The van der Waals surface area contributed by atoms with Crippen LogP contribution < -0.4 is 0 Å². The van der Waals surface area contributed by atoms with E-state index in [0.717, 1.165) is 56.1 Å². The van der Waals surface area contributed by atoms with E-state index in [9.17, 15) is 15.0 Å². The average Bonchev–Trinajstić information content (AvgIpc) is 3.38. The number of aliphatic hydroxyl groups is 2. The molecular formula is C28H39ClO4S. The second-order valence-electron chi connectivity index (χ2n) is 9.80. The second kappa shape index (κ2) is 13.1. The molecule has 34 heavy (non-hydrogen) atoms. The number of esters is 1. The molecule has 0 saturated heterocycles. The maximum absolute atomic E-state index is 12.1. The maximum atomic E-state index is 12.1. The SMILES string of the molecule is CCCCCC(O)c1ccc([C@@H]2[C@@H](CCCc3ccc(C(=O)OC(C)C)s3)[C@H](Cl)C[C@H]2O)cc1. The largest absolute Gasteiger partial charge is 0.459 e. The summed E-state index contributed by atoms with van der Waals surface area (Å²) in [6.45, 7) is 5.87. The zero-order valence-corrected chi connectivity index (χ0v) is 22.2.